The van der Waals surface area contributed by atoms with E-state index in [9.17, 15) is 18.8 Å². The van der Waals surface area contributed by atoms with Crippen LogP contribution in [0.2, 0.25) is 0 Å². The van der Waals surface area contributed by atoms with Crippen molar-refractivity contribution in [1.82, 2.24) is 14.8 Å². The van der Waals surface area contributed by atoms with Crippen LogP contribution < -0.4 is 5.56 Å². The summed E-state index contributed by atoms with van der Waals surface area (Å²) in [6, 6.07) is 9.37. The van der Waals surface area contributed by atoms with Crippen LogP contribution in [0.5, 0.6) is 0 Å². The Hall–Kier alpha value is -2.96. The first kappa shape index (κ1) is 19.0. The summed E-state index contributed by atoms with van der Waals surface area (Å²) >= 11 is 0. The van der Waals surface area contributed by atoms with Gasteiger partial charge in [0.05, 0.1) is 6.04 Å². The molecule has 3 fully saturated rings. The number of carbonyl (C=O) groups excluding carboxylic acids is 2. The van der Waals surface area contributed by atoms with Crippen molar-refractivity contribution in [3.05, 3.63) is 69.9 Å². The van der Waals surface area contributed by atoms with Crippen molar-refractivity contribution >= 4 is 11.8 Å². The van der Waals surface area contributed by atoms with Gasteiger partial charge in [0.2, 0.25) is 5.91 Å². The second-order valence-corrected chi connectivity index (χ2v) is 8.67. The third-order valence-corrected chi connectivity index (χ3v) is 6.93. The highest BCUT2D eigenvalue weighted by atomic mass is 19.1. The highest BCUT2D eigenvalue weighted by Gasteiger charge is 2.51. The molecule has 3 atom stereocenters. The lowest BCUT2D eigenvalue weighted by Crippen LogP contribution is -2.42. The molecular formula is C23H24FN3O3. The molecule has 0 bridgehead atoms. The van der Waals surface area contributed by atoms with Crippen LogP contribution in [0.1, 0.15) is 41.2 Å². The van der Waals surface area contributed by atoms with Crippen molar-refractivity contribution in [2.24, 2.45) is 17.8 Å². The Kier molecular flexibility index (Phi) is 4.68. The van der Waals surface area contributed by atoms with Gasteiger partial charge in [0, 0.05) is 43.6 Å². The third kappa shape index (κ3) is 3.13. The zero-order chi connectivity index (χ0) is 20.8. The molecule has 2 aromatic rings. The number of benzene rings is 1. The van der Waals surface area contributed by atoms with Gasteiger partial charge in [0.1, 0.15) is 11.4 Å². The molecule has 1 aliphatic carbocycles. The molecule has 1 N–H and O–H groups in total. The molecule has 6 nitrogen and oxygen atoms in total. The van der Waals surface area contributed by atoms with E-state index in [0.29, 0.717) is 19.6 Å². The lowest BCUT2D eigenvalue weighted by Gasteiger charge is -2.35. The van der Waals surface area contributed by atoms with E-state index in [4.69, 9.17) is 0 Å². The third-order valence-electron chi connectivity index (χ3n) is 6.93. The number of rotatable bonds is 3. The first-order chi connectivity index (χ1) is 14.5. The molecule has 2 saturated heterocycles. The molecule has 1 aromatic carbocycles. The predicted octanol–water partition coefficient (Wildman–Crippen LogP) is 2.59. The number of likely N-dealkylation sites (tertiary alicyclic amines) is 2. The van der Waals surface area contributed by atoms with Crippen LogP contribution in [0.25, 0.3) is 0 Å². The number of hydrogen-bond acceptors (Lipinski definition) is 3. The number of nitrogens with one attached hydrogen (secondary N) is 1. The number of amides is 2. The van der Waals surface area contributed by atoms with Crippen molar-refractivity contribution in [2.75, 3.05) is 19.6 Å². The molecule has 7 heteroatoms. The van der Waals surface area contributed by atoms with Crippen molar-refractivity contribution in [3.8, 4) is 0 Å². The maximum absolute atomic E-state index is 14.0. The van der Waals surface area contributed by atoms with Crippen molar-refractivity contribution in [1.29, 1.82) is 0 Å². The first-order valence-corrected chi connectivity index (χ1v) is 10.6. The van der Waals surface area contributed by atoms with Crippen LogP contribution in [-0.2, 0) is 4.79 Å². The Morgan fingerprint density at radius 3 is 2.60 bits per heavy atom. The molecule has 3 aliphatic rings. The summed E-state index contributed by atoms with van der Waals surface area (Å²) in [7, 11) is 0. The van der Waals surface area contributed by atoms with Gasteiger partial charge >= 0.3 is 0 Å². The minimum atomic E-state index is -0.400. The van der Waals surface area contributed by atoms with Gasteiger partial charge in [-0.25, -0.2) is 4.39 Å². The number of nitrogens with zero attached hydrogens (tertiary/aromatic N) is 2. The van der Waals surface area contributed by atoms with E-state index in [-0.39, 0.29) is 47.0 Å². The lowest BCUT2D eigenvalue weighted by molar-refractivity contribution is -0.139. The number of halogens is 1. The Morgan fingerprint density at radius 2 is 1.90 bits per heavy atom. The van der Waals surface area contributed by atoms with E-state index >= 15 is 0 Å². The molecular weight excluding hydrogens is 385 g/mol. The summed E-state index contributed by atoms with van der Waals surface area (Å²) in [5.41, 5.74) is 0.507. The van der Waals surface area contributed by atoms with Crippen LogP contribution in [0.4, 0.5) is 4.39 Å². The van der Waals surface area contributed by atoms with E-state index in [0.717, 1.165) is 24.8 Å². The molecule has 156 valence electrons. The summed E-state index contributed by atoms with van der Waals surface area (Å²) in [5, 5.41) is 0. The topological polar surface area (TPSA) is 73.5 Å². The van der Waals surface area contributed by atoms with Gasteiger partial charge in [0.15, 0.2) is 0 Å². The van der Waals surface area contributed by atoms with Crippen LogP contribution in [0, 0.1) is 23.6 Å². The highest BCUT2D eigenvalue weighted by molar-refractivity contribution is 5.94. The molecule has 1 aromatic heterocycles. The number of aromatic nitrogens is 1. The molecule has 2 amide bonds. The SMILES string of the molecule is O=C(c1ccc[nH]c1=O)N1C[C@H]2CN(C(=O)C3CCC3)[C@@H](c3cccc(F)c3)[C@H]2C1. The quantitative estimate of drug-likeness (QED) is 0.847. The summed E-state index contributed by atoms with van der Waals surface area (Å²) < 4.78 is 14.0. The van der Waals surface area contributed by atoms with E-state index in [2.05, 4.69) is 4.98 Å². The van der Waals surface area contributed by atoms with E-state index < -0.39 is 5.56 Å². The molecule has 5 rings (SSSR count). The fourth-order valence-electron chi connectivity index (χ4n) is 5.21. The van der Waals surface area contributed by atoms with E-state index in [1.54, 1.807) is 17.0 Å². The summed E-state index contributed by atoms with van der Waals surface area (Å²) in [6.45, 7) is 1.52. The number of carbonyl (C=O) groups is 2. The Morgan fingerprint density at radius 1 is 1.07 bits per heavy atom. The maximum atomic E-state index is 14.0. The zero-order valence-corrected chi connectivity index (χ0v) is 16.6. The summed E-state index contributed by atoms with van der Waals surface area (Å²) in [6.07, 6.45) is 4.42. The van der Waals surface area contributed by atoms with Crippen molar-refractivity contribution in [3.63, 3.8) is 0 Å². The van der Waals surface area contributed by atoms with Gasteiger partial charge in [-0.15, -0.1) is 0 Å². The molecule has 0 spiro atoms. The standard InChI is InChI=1S/C23H24FN3O3/c24-17-7-2-6-15(10-17)20-19-13-26(23(30)18-8-3-9-25-21(18)28)11-16(19)12-27(20)22(29)14-4-1-5-14/h2-3,6-10,14,16,19-20H,1,4-5,11-13H2,(H,25,28)/t16-,19-,20-/m0/s1. The fraction of sp³-hybridized carbons (Fsp3) is 0.435. The highest BCUT2D eigenvalue weighted by Crippen LogP contribution is 2.47. The predicted molar refractivity (Wildman–Crippen MR) is 108 cm³/mol. The van der Waals surface area contributed by atoms with E-state index in [1.165, 1.54) is 24.4 Å². The molecule has 2 aliphatic heterocycles. The smallest absolute Gasteiger partial charge is 0.260 e. The zero-order valence-electron chi connectivity index (χ0n) is 16.6. The Balaban J connectivity index is 1.43. The number of aromatic amines is 1. The fourth-order valence-corrected chi connectivity index (χ4v) is 5.21. The monoisotopic (exact) mass is 409 g/mol. The minimum absolute atomic E-state index is 0.0302. The average molecular weight is 409 g/mol. The number of fused-ring (bicyclic) bond motifs is 1. The van der Waals surface area contributed by atoms with Crippen LogP contribution in [0.3, 0.4) is 0 Å². The first-order valence-electron chi connectivity index (χ1n) is 10.6. The van der Waals surface area contributed by atoms with Crippen molar-refractivity contribution < 1.29 is 14.0 Å². The maximum Gasteiger partial charge on any atom is 0.260 e. The largest absolute Gasteiger partial charge is 0.338 e. The number of pyridine rings is 1. The average Bonchev–Trinajstić information content (AvgIpc) is 3.24. The summed E-state index contributed by atoms with van der Waals surface area (Å²) in [4.78, 5) is 44.3. The molecule has 3 heterocycles. The second-order valence-electron chi connectivity index (χ2n) is 8.67. The second kappa shape index (κ2) is 7.38. The van der Waals surface area contributed by atoms with Crippen LogP contribution >= 0.6 is 0 Å². The van der Waals surface area contributed by atoms with Crippen molar-refractivity contribution in [2.45, 2.75) is 25.3 Å². The van der Waals surface area contributed by atoms with Gasteiger partial charge in [0.25, 0.3) is 11.5 Å². The summed E-state index contributed by atoms with van der Waals surface area (Å²) in [5.74, 6) is -0.241. The van der Waals surface area contributed by atoms with Crippen LogP contribution in [-0.4, -0.2) is 46.2 Å². The Labute approximate surface area is 173 Å². The molecule has 30 heavy (non-hydrogen) atoms. The Bertz CT molecular complexity index is 1050. The normalized spacial score (nSPS) is 25.8. The van der Waals surface area contributed by atoms with Gasteiger partial charge in [-0.2, -0.15) is 0 Å². The van der Waals surface area contributed by atoms with Gasteiger partial charge in [-0.1, -0.05) is 18.6 Å². The van der Waals surface area contributed by atoms with Gasteiger partial charge in [-0.3, -0.25) is 14.4 Å². The van der Waals surface area contributed by atoms with Gasteiger partial charge in [-0.05, 0) is 42.7 Å². The lowest BCUT2D eigenvalue weighted by atomic mass is 9.83. The molecule has 1 saturated carbocycles. The molecule has 0 radical (unpaired) electrons. The number of hydrogen-bond donors (Lipinski definition) is 1. The van der Waals surface area contributed by atoms with E-state index in [1.807, 2.05) is 11.0 Å². The van der Waals surface area contributed by atoms with Gasteiger partial charge < -0.3 is 14.8 Å². The number of H-pyrrole nitrogens is 1. The molecule has 0 unspecified atom stereocenters. The minimum Gasteiger partial charge on any atom is -0.338 e. The van der Waals surface area contributed by atoms with Crippen LogP contribution in [0.15, 0.2) is 47.4 Å².